The third-order valence-corrected chi connectivity index (χ3v) is 4.23. The first-order chi connectivity index (χ1) is 12.8. The number of hydrogen-bond acceptors (Lipinski definition) is 3. The van der Waals surface area contributed by atoms with Crippen molar-refractivity contribution in [1.82, 2.24) is 14.9 Å². The summed E-state index contributed by atoms with van der Waals surface area (Å²) < 4.78 is 15.6. The molecule has 1 atom stereocenters. The summed E-state index contributed by atoms with van der Waals surface area (Å²) in [7, 11) is 0. The Morgan fingerprint density at radius 2 is 2.00 bits per heavy atom. The average molecular weight is 389 g/mol. The number of hydrogen-bond donors (Lipinski definition) is 2. The number of halogens is 2. The van der Waals surface area contributed by atoms with Gasteiger partial charge in [-0.2, -0.15) is 0 Å². The van der Waals surface area contributed by atoms with Gasteiger partial charge in [0.15, 0.2) is 0 Å². The number of anilines is 1. The highest BCUT2D eigenvalue weighted by Gasteiger charge is 2.19. The van der Waals surface area contributed by atoms with Crippen LogP contribution in [0.3, 0.4) is 0 Å². The molecular formula is C19H18ClFN4O2. The molecule has 0 bridgehead atoms. The number of aromatic nitrogens is 2. The van der Waals surface area contributed by atoms with E-state index in [4.69, 9.17) is 11.6 Å². The summed E-state index contributed by atoms with van der Waals surface area (Å²) >= 11 is 5.73. The number of carbonyl (C=O) groups excluding carboxylic acids is 2. The minimum atomic E-state index is -0.613. The van der Waals surface area contributed by atoms with Crippen LogP contribution in [0.4, 0.5) is 10.1 Å². The molecule has 27 heavy (non-hydrogen) atoms. The van der Waals surface area contributed by atoms with Gasteiger partial charge in [0.1, 0.15) is 18.2 Å². The first-order valence-corrected chi connectivity index (χ1v) is 8.70. The van der Waals surface area contributed by atoms with Gasteiger partial charge >= 0.3 is 0 Å². The standard InChI is InChI=1S/C19H18ClFN4O2/c1-11(22-12(2)26)19-24-16-5-3-4-6-17(16)25(19)10-18(27)23-15-8-7-13(20)9-14(15)21/h3-9,11H,10H2,1-2H3,(H,22,26)(H,23,27)/t11-/m0/s1. The lowest BCUT2D eigenvalue weighted by atomic mass is 10.3. The van der Waals surface area contributed by atoms with Crippen molar-refractivity contribution in [2.24, 2.45) is 0 Å². The average Bonchev–Trinajstić information content (AvgIpc) is 2.96. The van der Waals surface area contributed by atoms with Crippen molar-refractivity contribution < 1.29 is 14.0 Å². The molecule has 0 saturated carbocycles. The maximum Gasteiger partial charge on any atom is 0.244 e. The van der Waals surface area contributed by atoms with Gasteiger partial charge in [-0.25, -0.2) is 9.37 Å². The molecule has 0 unspecified atom stereocenters. The van der Waals surface area contributed by atoms with E-state index in [1.807, 2.05) is 24.3 Å². The summed E-state index contributed by atoms with van der Waals surface area (Å²) in [6.07, 6.45) is 0. The maximum atomic E-state index is 13.9. The molecular weight excluding hydrogens is 371 g/mol. The summed E-state index contributed by atoms with van der Waals surface area (Å²) in [6.45, 7) is 3.12. The molecule has 2 amide bonds. The quantitative estimate of drug-likeness (QED) is 0.700. The van der Waals surface area contributed by atoms with Crippen molar-refractivity contribution in [3.05, 3.63) is 59.1 Å². The number of para-hydroxylation sites is 2. The number of nitrogens with one attached hydrogen (secondary N) is 2. The molecule has 3 aromatic rings. The first kappa shape index (κ1) is 18.8. The zero-order valence-corrected chi connectivity index (χ0v) is 15.5. The summed E-state index contributed by atoms with van der Waals surface area (Å²) in [5.41, 5.74) is 1.50. The smallest absolute Gasteiger partial charge is 0.244 e. The third kappa shape index (κ3) is 4.25. The Balaban J connectivity index is 1.90. The van der Waals surface area contributed by atoms with E-state index < -0.39 is 17.8 Å². The molecule has 0 aliphatic carbocycles. The normalized spacial score (nSPS) is 12.0. The highest BCUT2D eigenvalue weighted by atomic mass is 35.5. The van der Waals surface area contributed by atoms with Crippen molar-refractivity contribution in [2.75, 3.05) is 5.32 Å². The number of imidazole rings is 1. The number of rotatable bonds is 5. The van der Waals surface area contributed by atoms with Gasteiger partial charge in [-0.15, -0.1) is 0 Å². The van der Waals surface area contributed by atoms with Crippen LogP contribution in [0.2, 0.25) is 5.02 Å². The van der Waals surface area contributed by atoms with Gasteiger partial charge in [-0.3, -0.25) is 9.59 Å². The van der Waals surface area contributed by atoms with E-state index >= 15 is 0 Å². The van der Waals surface area contributed by atoms with Gasteiger partial charge < -0.3 is 15.2 Å². The van der Waals surface area contributed by atoms with E-state index in [1.165, 1.54) is 19.1 Å². The van der Waals surface area contributed by atoms with Gasteiger partial charge in [-0.05, 0) is 37.3 Å². The molecule has 140 valence electrons. The van der Waals surface area contributed by atoms with Crippen LogP contribution in [0.1, 0.15) is 25.7 Å². The number of nitrogens with zero attached hydrogens (tertiary/aromatic N) is 2. The Labute approximate surface area is 160 Å². The van der Waals surface area contributed by atoms with Crippen LogP contribution < -0.4 is 10.6 Å². The Bertz CT molecular complexity index is 1020. The molecule has 2 N–H and O–H groups in total. The predicted molar refractivity (Wildman–Crippen MR) is 102 cm³/mol. The fourth-order valence-corrected chi connectivity index (χ4v) is 3.04. The number of carbonyl (C=O) groups is 2. The molecule has 0 radical (unpaired) electrons. The molecule has 0 saturated heterocycles. The van der Waals surface area contributed by atoms with E-state index in [0.717, 1.165) is 11.6 Å². The van der Waals surface area contributed by atoms with Crippen molar-refractivity contribution in [2.45, 2.75) is 26.4 Å². The summed E-state index contributed by atoms with van der Waals surface area (Å²) in [6, 6.07) is 11.0. The molecule has 2 aromatic carbocycles. The fraction of sp³-hybridized carbons (Fsp3) is 0.211. The first-order valence-electron chi connectivity index (χ1n) is 8.32. The minimum absolute atomic E-state index is 0.0466. The highest BCUT2D eigenvalue weighted by molar-refractivity contribution is 6.30. The zero-order chi connectivity index (χ0) is 19.6. The van der Waals surface area contributed by atoms with Gasteiger partial charge in [0.2, 0.25) is 11.8 Å². The molecule has 1 heterocycles. The Kier molecular flexibility index (Phi) is 5.41. The second-order valence-corrected chi connectivity index (χ2v) is 6.58. The molecule has 1 aromatic heterocycles. The van der Waals surface area contributed by atoms with E-state index in [0.29, 0.717) is 11.3 Å². The van der Waals surface area contributed by atoms with Crippen LogP contribution in [-0.4, -0.2) is 21.4 Å². The monoisotopic (exact) mass is 388 g/mol. The molecule has 0 fully saturated rings. The van der Waals surface area contributed by atoms with Gasteiger partial charge in [0, 0.05) is 11.9 Å². The van der Waals surface area contributed by atoms with E-state index in [-0.39, 0.29) is 23.2 Å². The molecule has 8 heteroatoms. The molecule has 3 rings (SSSR count). The molecule has 0 spiro atoms. The Hall–Kier alpha value is -2.93. The predicted octanol–water partition coefficient (Wildman–Crippen LogP) is 3.66. The minimum Gasteiger partial charge on any atom is -0.347 e. The summed E-state index contributed by atoms with van der Waals surface area (Å²) in [5.74, 6) is -0.694. The molecule has 0 aliphatic heterocycles. The number of amides is 2. The topological polar surface area (TPSA) is 76.0 Å². The maximum absolute atomic E-state index is 13.9. The molecule has 6 nitrogen and oxygen atoms in total. The zero-order valence-electron chi connectivity index (χ0n) is 14.8. The van der Waals surface area contributed by atoms with Crippen LogP contribution in [-0.2, 0) is 16.1 Å². The number of benzene rings is 2. The third-order valence-electron chi connectivity index (χ3n) is 4.00. The molecule has 0 aliphatic rings. The van der Waals surface area contributed by atoms with Crippen LogP contribution in [0.15, 0.2) is 42.5 Å². The van der Waals surface area contributed by atoms with Gasteiger partial charge in [-0.1, -0.05) is 23.7 Å². The van der Waals surface area contributed by atoms with Crippen LogP contribution in [0.5, 0.6) is 0 Å². The largest absolute Gasteiger partial charge is 0.347 e. The van der Waals surface area contributed by atoms with E-state index in [9.17, 15) is 14.0 Å². The highest BCUT2D eigenvalue weighted by Crippen LogP contribution is 2.22. The second-order valence-electron chi connectivity index (χ2n) is 6.14. The lowest BCUT2D eigenvalue weighted by Crippen LogP contribution is -2.28. The SMILES string of the molecule is CC(=O)N[C@@H](C)c1nc2ccccc2n1CC(=O)Nc1ccc(Cl)cc1F. The van der Waals surface area contributed by atoms with Crippen LogP contribution in [0.25, 0.3) is 11.0 Å². The summed E-state index contributed by atoms with van der Waals surface area (Å²) in [5, 5.41) is 5.56. The summed E-state index contributed by atoms with van der Waals surface area (Å²) in [4.78, 5) is 28.4. The van der Waals surface area contributed by atoms with Crippen molar-refractivity contribution in [1.29, 1.82) is 0 Å². The van der Waals surface area contributed by atoms with E-state index in [1.54, 1.807) is 11.5 Å². The fourth-order valence-electron chi connectivity index (χ4n) is 2.88. The van der Waals surface area contributed by atoms with Crippen LogP contribution in [0, 0.1) is 5.82 Å². The van der Waals surface area contributed by atoms with Crippen molar-refractivity contribution in [3.8, 4) is 0 Å². The van der Waals surface area contributed by atoms with Crippen molar-refractivity contribution >= 4 is 40.1 Å². The number of fused-ring (bicyclic) bond motifs is 1. The lowest BCUT2D eigenvalue weighted by molar-refractivity contribution is -0.119. The Morgan fingerprint density at radius 1 is 1.26 bits per heavy atom. The van der Waals surface area contributed by atoms with Crippen LogP contribution >= 0.6 is 11.6 Å². The van der Waals surface area contributed by atoms with Crippen molar-refractivity contribution in [3.63, 3.8) is 0 Å². The lowest BCUT2D eigenvalue weighted by Gasteiger charge is -2.15. The van der Waals surface area contributed by atoms with Gasteiger partial charge in [0.05, 0.1) is 22.8 Å². The Morgan fingerprint density at radius 3 is 2.70 bits per heavy atom. The van der Waals surface area contributed by atoms with E-state index in [2.05, 4.69) is 15.6 Å². The second kappa shape index (κ2) is 7.75. The van der Waals surface area contributed by atoms with Gasteiger partial charge in [0.25, 0.3) is 0 Å².